The lowest BCUT2D eigenvalue weighted by atomic mass is 9.66. The lowest BCUT2D eigenvalue weighted by Crippen LogP contribution is -2.46. The first-order valence-corrected chi connectivity index (χ1v) is 9.60. The first-order chi connectivity index (χ1) is 14.6. The molecule has 0 saturated carbocycles. The van der Waals surface area contributed by atoms with Crippen LogP contribution in [0.3, 0.4) is 0 Å². The van der Waals surface area contributed by atoms with Gasteiger partial charge in [-0.2, -0.15) is 0 Å². The number of hydrogen-bond donors (Lipinski definition) is 5. The molecule has 0 radical (unpaired) electrons. The Balaban J connectivity index is 2.13. The molecular weight excluding hydrogens is 408 g/mol. The molecule has 9 heteroatoms. The number of carboxylic acids is 1. The third-order valence-electron chi connectivity index (χ3n) is 6.32. The monoisotopic (exact) mass is 428 g/mol. The van der Waals surface area contributed by atoms with Crippen LogP contribution in [0, 0.1) is 0 Å². The fourth-order valence-corrected chi connectivity index (χ4v) is 4.76. The van der Waals surface area contributed by atoms with Crippen molar-refractivity contribution in [3.8, 4) is 17.2 Å². The van der Waals surface area contributed by atoms with Crippen molar-refractivity contribution in [2.45, 2.75) is 37.4 Å². The molecule has 0 aromatic heterocycles. The van der Waals surface area contributed by atoms with Crippen molar-refractivity contribution in [1.29, 1.82) is 0 Å². The summed E-state index contributed by atoms with van der Waals surface area (Å²) in [5, 5.41) is 53.1. The summed E-state index contributed by atoms with van der Waals surface area (Å²) >= 11 is 0. The van der Waals surface area contributed by atoms with Gasteiger partial charge in [0.1, 0.15) is 23.2 Å². The molecule has 9 nitrogen and oxygen atoms in total. The van der Waals surface area contributed by atoms with Gasteiger partial charge in [0.05, 0.1) is 28.4 Å². The van der Waals surface area contributed by atoms with Crippen molar-refractivity contribution in [3.63, 3.8) is 0 Å². The Kier molecular flexibility index (Phi) is 4.56. The van der Waals surface area contributed by atoms with E-state index in [9.17, 15) is 39.9 Å². The van der Waals surface area contributed by atoms with Crippen molar-refractivity contribution in [2.75, 3.05) is 7.11 Å². The third-order valence-corrected chi connectivity index (χ3v) is 6.32. The first kappa shape index (κ1) is 20.8. The number of ether oxygens (including phenoxy) is 1. The Labute approximate surface area is 176 Å². The van der Waals surface area contributed by atoms with Gasteiger partial charge in [0, 0.05) is 30.2 Å². The van der Waals surface area contributed by atoms with Crippen LogP contribution in [0.15, 0.2) is 18.2 Å². The van der Waals surface area contributed by atoms with E-state index in [-0.39, 0.29) is 35.1 Å². The number of phenols is 3. The molecule has 2 aromatic carbocycles. The van der Waals surface area contributed by atoms with Gasteiger partial charge < -0.3 is 30.3 Å². The molecule has 2 aliphatic rings. The maximum absolute atomic E-state index is 13.1. The quantitative estimate of drug-likeness (QED) is 0.393. The van der Waals surface area contributed by atoms with E-state index < -0.39 is 63.5 Å². The van der Waals surface area contributed by atoms with Gasteiger partial charge >= 0.3 is 5.97 Å². The number of rotatable bonds is 3. The number of carbonyl (C=O) groups excluding carboxylic acids is 2. The zero-order valence-electron chi connectivity index (χ0n) is 16.7. The molecule has 2 aromatic rings. The van der Waals surface area contributed by atoms with Crippen molar-refractivity contribution in [1.82, 2.24) is 0 Å². The Morgan fingerprint density at radius 2 is 1.68 bits per heavy atom. The average Bonchev–Trinajstić information content (AvgIpc) is 2.73. The SMILES string of the molecule is CCC1(O)CC(OC)c2c(O)c3c(c(O)c2C1C(=O)O)C(=O)c1cccc(O)c1C3=O. The van der Waals surface area contributed by atoms with Crippen molar-refractivity contribution < 1.29 is 44.7 Å². The summed E-state index contributed by atoms with van der Waals surface area (Å²) in [6.07, 6.45) is -1.29. The number of benzene rings is 2. The zero-order chi connectivity index (χ0) is 22.8. The van der Waals surface area contributed by atoms with Crippen LogP contribution in [-0.4, -0.2) is 55.8 Å². The number of hydrogen-bond acceptors (Lipinski definition) is 8. The van der Waals surface area contributed by atoms with Crippen molar-refractivity contribution in [2.24, 2.45) is 0 Å². The molecule has 0 spiro atoms. The van der Waals surface area contributed by atoms with Crippen LogP contribution < -0.4 is 0 Å². The van der Waals surface area contributed by atoms with Crippen LogP contribution in [0.2, 0.25) is 0 Å². The van der Waals surface area contributed by atoms with Crippen LogP contribution in [0.4, 0.5) is 0 Å². The van der Waals surface area contributed by atoms with Crippen LogP contribution in [0.1, 0.15) is 74.8 Å². The maximum atomic E-state index is 13.1. The molecule has 162 valence electrons. The van der Waals surface area contributed by atoms with E-state index in [0.29, 0.717) is 0 Å². The normalized spacial score (nSPS) is 24.4. The van der Waals surface area contributed by atoms with Crippen molar-refractivity contribution in [3.05, 3.63) is 51.6 Å². The number of ketones is 2. The van der Waals surface area contributed by atoms with E-state index in [1.165, 1.54) is 25.3 Å². The second kappa shape index (κ2) is 6.79. The van der Waals surface area contributed by atoms with Crippen LogP contribution >= 0.6 is 0 Å². The van der Waals surface area contributed by atoms with Gasteiger partial charge in [-0.3, -0.25) is 14.4 Å². The lowest BCUT2D eigenvalue weighted by molar-refractivity contribution is -0.150. The minimum atomic E-state index is -1.84. The number of fused-ring (bicyclic) bond motifs is 3. The Morgan fingerprint density at radius 3 is 2.26 bits per heavy atom. The number of aliphatic hydroxyl groups is 1. The predicted octanol–water partition coefficient (Wildman–Crippen LogP) is 1.98. The van der Waals surface area contributed by atoms with Crippen LogP contribution in [-0.2, 0) is 9.53 Å². The first-order valence-electron chi connectivity index (χ1n) is 9.60. The molecule has 0 amide bonds. The molecule has 0 fully saturated rings. The third kappa shape index (κ3) is 2.60. The summed E-state index contributed by atoms with van der Waals surface area (Å²) in [6, 6.07) is 3.84. The number of aliphatic carboxylic acids is 1. The summed E-state index contributed by atoms with van der Waals surface area (Å²) in [4.78, 5) is 38.4. The number of phenolic OH excluding ortho intramolecular Hbond substituents is 3. The summed E-state index contributed by atoms with van der Waals surface area (Å²) in [7, 11) is 1.27. The van der Waals surface area contributed by atoms with E-state index in [2.05, 4.69) is 0 Å². The van der Waals surface area contributed by atoms with E-state index in [1.807, 2.05) is 0 Å². The highest BCUT2D eigenvalue weighted by Crippen LogP contribution is 2.56. The van der Waals surface area contributed by atoms with E-state index >= 15 is 0 Å². The average molecular weight is 428 g/mol. The van der Waals surface area contributed by atoms with E-state index in [0.717, 1.165) is 0 Å². The topological polar surface area (TPSA) is 162 Å². The van der Waals surface area contributed by atoms with Gasteiger partial charge in [0.2, 0.25) is 5.78 Å². The second-order valence-electron chi connectivity index (χ2n) is 7.79. The highest BCUT2D eigenvalue weighted by molar-refractivity contribution is 6.31. The van der Waals surface area contributed by atoms with Gasteiger partial charge in [-0.15, -0.1) is 0 Å². The Morgan fingerprint density at radius 1 is 1.06 bits per heavy atom. The summed E-state index contributed by atoms with van der Waals surface area (Å²) in [6.45, 7) is 1.57. The fourth-order valence-electron chi connectivity index (χ4n) is 4.76. The lowest BCUT2D eigenvalue weighted by Gasteiger charge is -2.42. The number of carboxylic acid groups (broad SMARTS) is 1. The maximum Gasteiger partial charge on any atom is 0.314 e. The Bertz CT molecular complexity index is 1170. The van der Waals surface area contributed by atoms with Crippen molar-refractivity contribution >= 4 is 17.5 Å². The standard InChI is InChI=1S/C22H20O9/c1-3-22(30)7-10(31-2)12-13(16(22)21(28)29)20(27)14-15(19(12)26)18(25)11-8(17(14)24)5-4-6-9(11)23/h4-6,10,16,23,26-27,30H,3,7H2,1-2H3,(H,28,29). The van der Waals surface area contributed by atoms with E-state index in [4.69, 9.17) is 4.74 Å². The minimum absolute atomic E-state index is 0.00979. The van der Waals surface area contributed by atoms with Gasteiger partial charge in [0.25, 0.3) is 0 Å². The van der Waals surface area contributed by atoms with Gasteiger partial charge in [0.15, 0.2) is 5.78 Å². The molecule has 4 rings (SSSR count). The second-order valence-corrected chi connectivity index (χ2v) is 7.79. The molecule has 5 N–H and O–H groups in total. The van der Waals surface area contributed by atoms with Gasteiger partial charge in [-0.05, 0) is 12.5 Å². The van der Waals surface area contributed by atoms with Crippen LogP contribution in [0.25, 0.3) is 0 Å². The molecule has 31 heavy (non-hydrogen) atoms. The molecule has 0 bridgehead atoms. The minimum Gasteiger partial charge on any atom is -0.507 e. The van der Waals surface area contributed by atoms with E-state index in [1.54, 1.807) is 6.92 Å². The summed E-state index contributed by atoms with van der Waals surface area (Å²) < 4.78 is 5.36. The largest absolute Gasteiger partial charge is 0.507 e. The predicted molar refractivity (Wildman–Crippen MR) is 105 cm³/mol. The summed E-state index contributed by atoms with van der Waals surface area (Å²) in [5.74, 6) is -6.89. The molecule has 0 heterocycles. The van der Waals surface area contributed by atoms with Gasteiger partial charge in [-0.1, -0.05) is 19.1 Å². The molecule has 0 saturated heterocycles. The fraction of sp³-hybridized carbons (Fsp3) is 0.318. The number of methoxy groups -OCH3 is 1. The smallest absolute Gasteiger partial charge is 0.314 e. The highest BCUT2D eigenvalue weighted by Gasteiger charge is 2.53. The molecule has 3 atom stereocenters. The number of carbonyl (C=O) groups is 3. The molecular formula is C22H20O9. The summed E-state index contributed by atoms with van der Waals surface area (Å²) in [5.41, 5.74) is -4.00. The molecule has 2 aliphatic carbocycles. The number of aromatic hydroxyl groups is 3. The molecule has 0 aliphatic heterocycles. The highest BCUT2D eigenvalue weighted by atomic mass is 16.5. The zero-order valence-corrected chi connectivity index (χ0v) is 16.7. The van der Waals surface area contributed by atoms with Gasteiger partial charge in [-0.25, -0.2) is 0 Å². The Hall–Kier alpha value is -3.43. The molecule has 3 unspecified atom stereocenters. The van der Waals surface area contributed by atoms with Crippen LogP contribution in [0.5, 0.6) is 17.2 Å².